The van der Waals surface area contributed by atoms with Crippen LogP contribution in [0.2, 0.25) is 0 Å². The lowest BCUT2D eigenvalue weighted by Gasteiger charge is -2.14. The van der Waals surface area contributed by atoms with Crippen LogP contribution in [0.4, 0.5) is 0 Å². The van der Waals surface area contributed by atoms with Gasteiger partial charge in [-0.1, -0.05) is 36.4 Å². The number of benzene rings is 2. The number of para-hydroxylation sites is 2. The summed E-state index contributed by atoms with van der Waals surface area (Å²) in [5, 5.41) is 1.06. The standard InChI is InChI=1S/C17H16N2O/c1-12-5-2-7-14(11-18)17(12)20-15-9-3-6-13-8-4-10-19-16(13)15/h2-10H,11,18H2,1H3. The minimum Gasteiger partial charge on any atom is -0.454 e. The monoisotopic (exact) mass is 264 g/mol. The second-order valence-electron chi connectivity index (χ2n) is 4.70. The fraction of sp³-hybridized carbons (Fsp3) is 0.118. The van der Waals surface area contributed by atoms with Crippen molar-refractivity contribution < 1.29 is 4.74 Å². The highest BCUT2D eigenvalue weighted by molar-refractivity contribution is 5.84. The predicted octanol–water partition coefficient (Wildman–Crippen LogP) is 3.79. The summed E-state index contributed by atoms with van der Waals surface area (Å²) >= 11 is 0. The van der Waals surface area contributed by atoms with E-state index in [4.69, 9.17) is 10.5 Å². The van der Waals surface area contributed by atoms with Crippen LogP contribution >= 0.6 is 0 Å². The Labute approximate surface area is 118 Å². The van der Waals surface area contributed by atoms with Gasteiger partial charge in [0.25, 0.3) is 0 Å². The molecular weight excluding hydrogens is 248 g/mol. The van der Waals surface area contributed by atoms with Crippen LogP contribution in [-0.2, 0) is 6.54 Å². The van der Waals surface area contributed by atoms with Gasteiger partial charge in [0.15, 0.2) is 5.75 Å². The smallest absolute Gasteiger partial charge is 0.153 e. The van der Waals surface area contributed by atoms with E-state index in [1.807, 2.05) is 55.5 Å². The summed E-state index contributed by atoms with van der Waals surface area (Å²) < 4.78 is 6.10. The summed E-state index contributed by atoms with van der Waals surface area (Å²) in [5.74, 6) is 1.58. The number of hydrogen-bond donors (Lipinski definition) is 1. The SMILES string of the molecule is Cc1cccc(CN)c1Oc1cccc2cccnc12. The number of hydrogen-bond acceptors (Lipinski definition) is 3. The van der Waals surface area contributed by atoms with E-state index in [0.29, 0.717) is 6.54 Å². The van der Waals surface area contributed by atoms with Crippen molar-refractivity contribution in [3.8, 4) is 11.5 Å². The van der Waals surface area contributed by atoms with Gasteiger partial charge in [-0.05, 0) is 24.6 Å². The van der Waals surface area contributed by atoms with E-state index in [-0.39, 0.29) is 0 Å². The Hall–Kier alpha value is -2.39. The Balaban J connectivity index is 2.10. The van der Waals surface area contributed by atoms with Gasteiger partial charge >= 0.3 is 0 Å². The minimum atomic E-state index is 0.454. The summed E-state index contributed by atoms with van der Waals surface area (Å²) in [6.07, 6.45) is 1.77. The van der Waals surface area contributed by atoms with Crippen molar-refractivity contribution in [3.05, 3.63) is 65.9 Å². The molecule has 3 rings (SSSR count). The number of pyridine rings is 1. The van der Waals surface area contributed by atoms with Gasteiger partial charge in [-0.3, -0.25) is 4.98 Å². The number of fused-ring (bicyclic) bond motifs is 1. The molecule has 0 aliphatic rings. The molecule has 0 radical (unpaired) electrons. The second kappa shape index (κ2) is 5.31. The maximum Gasteiger partial charge on any atom is 0.153 e. The van der Waals surface area contributed by atoms with Crippen molar-refractivity contribution in [3.63, 3.8) is 0 Å². The van der Waals surface area contributed by atoms with Crippen molar-refractivity contribution in [2.45, 2.75) is 13.5 Å². The molecule has 20 heavy (non-hydrogen) atoms. The molecule has 3 aromatic rings. The molecule has 0 unspecified atom stereocenters. The molecule has 0 bridgehead atoms. The summed E-state index contributed by atoms with van der Waals surface area (Å²) in [6, 6.07) is 15.9. The molecule has 0 saturated heterocycles. The minimum absolute atomic E-state index is 0.454. The lowest BCUT2D eigenvalue weighted by molar-refractivity contribution is 0.477. The van der Waals surface area contributed by atoms with Gasteiger partial charge in [0.1, 0.15) is 11.3 Å². The number of nitrogens with zero attached hydrogens (tertiary/aromatic N) is 1. The summed E-state index contributed by atoms with van der Waals surface area (Å²) in [5.41, 5.74) is 8.72. The topological polar surface area (TPSA) is 48.1 Å². The van der Waals surface area contributed by atoms with Crippen LogP contribution in [0.5, 0.6) is 11.5 Å². The molecule has 0 spiro atoms. The quantitative estimate of drug-likeness (QED) is 0.782. The molecular formula is C17H16N2O. The number of rotatable bonds is 3. The van der Waals surface area contributed by atoms with Gasteiger partial charge in [0.2, 0.25) is 0 Å². The molecule has 0 amide bonds. The number of nitrogens with two attached hydrogens (primary N) is 1. The highest BCUT2D eigenvalue weighted by atomic mass is 16.5. The van der Waals surface area contributed by atoms with E-state index >= 15 is 0 Å². The molecule has 3 heteroatoms. The van der Waals surface area contributed by atoms with E-state index in [2.05, 4.69) is 4.98 Å². The van der Waals surface area contributed by atoms with Crippen LogP contribution in [0.25, 0.3) is 10.9 Å². The van der Waals surface area contributed by atoms with E-state index in [1.165, 1.54) is 0 Å². The summed E-state index contributed by atoms with van der Waals surface area (Å²) in [4.78, 5) is 4.41. The first-order valence-corrected chi connectivity index (χ1v) is 6.60. The third-order valence-electron chi connectivity index (χ3n) is 3.32. The van der Waals surface area contributed by atoms with Crippen LogP contribution in [0.3, 0.4) is 0 Å². The fourth-order valence-electron chi connectivity index (χ4n) is 2.29. The molecule has 1 heterocycles. The Morgan fingerprint density at radius 1 is 1.05 bits per heavy atom. The first kappa shape index (κ1) is 12.6. The Morgan fingerprint density at radius 2 is 1.85 bits per heavy atom. The van der Waals surface area contributed by atoms with E-state index in [9.17, 15) is 0 Å². The maximum absolute atomic E-state index is 6.10. The van der Waals surface area contributed by atoms with Gasteiger partial charge in [-0.25, -0.2) is 0 Å². The van der Waals surface area contributed by atoms with Crippen molar-refractivity contribution in [2.24, 2.45) is 5.73 Å². The molecule has 0 aliphatic heterocycles. The Bertz CT molecular complexity index is 748. The lowest BCUT2D eigenvalue weighted by Crippen LogP contribution is -2.01. The van der Waals surface area contributed by atoms with E-state index < -0.39 is 0 Å². The van der Waals surface area contributed by atoms with E-state index in [0.717, 1.165) is 33.5 Å². The van der Waals surface area contributed by atoms with Gasteiger partial charge in [-0.2, -0.15) is 0 Å². The molecule has 3 nitrogen and oxygen atoms in total. The van der Waals surface area contributed by atoms with Crippen LogP contribution in [0, 0.1) is 6.92 Å². The summed E-state index contributed by atoms with van der Waals surface area (Å²) in [6.45, 7) is 2.47. The lowest BCUT2D eigenvalue weighted by atomic mass is 10.1. The number of aryl methyl sites for hydroxylation is 1. The summed E-state index contributed by atoms with van der Waals surface area (Å²) in [7, 11) is 0. The normalized spacial score (nSPS) is 10.7. The van der Waals surface area contributed by atoms with Gasteiger partial charge < -0.3 is 10.5 Å². The van der Waals surface area contributed by atoms with Crippen molar-refractivity contribution in [1.82, 2.24) is 4.98 Å². The van der Waals surface area contributed by atoms with Gasteiger partial charge in [0.05, 0.1) is 0 Å². The van der Waals surface area contributed by atoms with Crippen LogP contribution < -0.4 is 10.5 Å². The molecule has 1 aromatic heterocycles. The zero-order valence-electron chi connectivity index (χ0n) is 11.3. The average molecular weight is 264 g/mol. The maximum atomic E-state index is 6.10. The van der Waals surface area contributed by atoms with Crippen LogP contribution in [0.15, 0.2) is 54.7 Å². The molecule has 0 aliphatic carbocycles. The van der Waals surface area contributed by atoms with Crippen molar-refractivity contribution >= 4 is 10.9 Å². The second-order valence-corrected chi connectivity index (χ2v) is 4.70. The zero-order valence-corrected chi connectivity index (χ0v) is 11.3. The van der Waals surface area contributed by atoms with Crippen LogP contribution in [0.1, 0.15) is 11.1 Å². The highest BCUT2D eigenvalue weighted by Crippen LogP contribution is 2.32. The van der Waals surface area contributed by atoms with Crippen molar-refractivity contribution in [2.75, 3.05) is 0 Å². The first-order chi connectivity index (χ1) is 9.79. The fourth-order valence-corrected chi connectivity index (χ4v) is 2.29. The molecule has 2 aromatic carbocycles. The van der Waals surface area contributed by atoms with E-state index in [1.54, 1.807) is 6.20 Å². The Kier molecular flexibility index (Phi) is 3.35. The molecule has 0 saturated carbocycles. The van der Waals surface area contributed by atoms with Gasteiger partial charge in [-0.15, -0.1) is 0 Å². The number of ether oxygens (including phenoxy) is 1. The van der Waals surface area contributed by atoms with Crippen LogP contribution in [-0.4, -0.2) is 4.98 Å². The van der Waals surface area contributed by atoms with Crippen molar-refractivity contribution in [1.29, 1.82) is 0 Å². The highest BCUT2D eigenvalue weighted by Gasteiger charge is 2.09. The molecule has 0 atom stereocenters. The van der Waals surface area contributed by atoms with Gasteiger partial charge in [0, 0.05) is 23.7 Å². The Morgan fingerprint density at radius 3 is 2.70 bits per heavy atom. The molecule has 0 fully saturated rings. The predicted molar refractivity (Wildman–Crippen MR) is 80.9 cm³/mol. The third kappa shape index (κ3) is 2.24. The zero-order chi connectivity index (χ0) is 13.9. The third-order valence-corrected chi connectivity index (χ3v) is 3.32. The first-order valence-electron chi connectivity index (χ1n) is 6.60. The molecule has 100 valence electrons. The average Bonchev–Trinajstić information content (AvgIpc) is 2.49. The largest absolute Gasteiger partial charge is 0.454 e. The molecule has 2 N–H and O–H groups in total. The number of aromatic nitrogens is 1.